The van der Waals surface area contributed by atoms with Crippen molar-refractivity contribution in [3.63, 3.8) is 0 Å². The number of fused-ring (bicyclic) bond motifs is 1. The standard InChI is InChI=1S/C30H37ClN6O3/c1-17(2)37-25(15-36-10-5-6-20(12-32)14-36)19(4)29(39)22-8-7-21(18(3)28(22)37)27-23(31)13-33-30(35-27)34-24-9-11-40-16-26(24)38/h7-8,13,17,20,24,26,38H,5-6,9-11,14-16H2,1-4H3,(H,33,34,35)/t20-,24+,26+/m0/s1. The van der Waals surface area contributed by atoms with E-state index < -0.39 is 6.10 Å². The van der Waals surface area contributed by atoms with Crippen LogP contribution in [0.15, 0.2) is 23.1 Å². The molecule has 0 amide bonds. The van der Waals surface area contributed by atoms with Gasteiger partial charge in [0.2, 0.25) is 5.95 Å². The quantitative estimate of drug-likeness (QED) is 0.446. The largest absolute Gasteiger partial charge is 0.389 e. The topological polar surface area (TPSA) is 116 Å². The van der Waals surface area contributed by atoms with Crippen molar-refractivity contribution in [3.05, 3.63) is 50.4 Å². The number of aryl methyl sites for hydroxylation is 1. The van der Waals surface area contributed by atoms with Crippen LogP contribution < -0.4 is 10.7 Å². The van der Waals surface area contributed by atoms with Gasteiger partial charge in [-0.3, -0.25) is 9.69 Å². The highest BCUT2D eigenvalue weighted by atomic mass is 35.5. The third-order valence-electron chi connectivity index (χ3n) is 8.20. The Morgan fingerprint density at radius 2 is 2.08 bits per heavy atom. The molecule has 0 bridgehead atoms. The molecule has 3 atom stereocenters. The fourth-order valence-electron chi connectivity index (χ4n) is 6.06. The molecule has 2 saturated heterocycles. The fraction of sp³-hybridized carbons (Fsp3) is 0.533. The van der Waals surface area contributed by atoms with Gasteiger partial charge < -0.3 is 19.7 Å². The molecular formula is C30H37ClN6O3. The number of pyridine rings is 1. The Balaban J connectivity index is 1.61. The van der Waals surface area contributed by atoms with Crippen LogP contribution in [0.25, 0.3) is 22.2 Å². The highest BCUT2D eigenvalue weighted by molar-refractivity contribution is 6.33. The SMILES string of the molecule is Cc1c(CN2CCC[C@@H](C#N)C2)n(C(C)C)c2c(C)c(-c3nc(N[C@@H]4CCOC[C@H]4O)ncc3Cl)ccc2c1=O. The zero-order valence-corrected chi connectivity index (χ0v) is 24.3. The van der Waals surface area contributed by atoms with Crippen LogP contribution >= 0.6 is 11.6 Å². The average Bonchev–Trinajstić information content (AvgIpc) is 2.94. The van der Waals surface area contributed by atoms with Gasteiger partial charge in [-0.15, -0.1) is 0 Å². The Morgan fingerprint density at radius 1 is 1.27 bits per heavy atom. The van der Waals surface area contributed by atoms with Crippen LogP contribution in [0.4, 0.5) is 5.95 Å². The van der Waals surface area contributed by atoms with E-state index in [2.05, 4.69) is 39.7 Å². The molecule has 2 aromatic heterocycles. The first-order chi connectivity index (χ1) is 19.2. The number of benzene rings is 1. The number of nitrogens with zero attached hydrogens (tertiary/aromatic N) is 5. The van der Waals surface area contributed by atoms with E-state index in [4.69, 9.17) is 21.3 Å². The Morgan fingerprint density at radius 3 is 2.80 bits per heavy atom. The molecule has 212 valence electrons. The average molecular weight is 565 g/mol. The summed E-state index contributed by atoms with van der Waals surface area (Å²) in [5.41, 5.74) is 4.92. The molecule has 0 spiro atoms. The van der Waals surface area contributed by atoms with Crippen LogP contribution in [-0.2, 0) is 11.3 Å². The number of rotatable bonds is 6. The van der Waals surface area contributed by atoms with Gasteiger partial charge in [-0.2, -0.15) is 5.26 Å². The zero-order valence-electron chi connectivity index (χ0n) is 23.6. The lowest BCUT2D eigenvalue weighted by atomic mass is 9.96. The molecule has 0 aliphatic carbocycles. The van der Waals surface area contributed by atoms with Gasteiger partial charge in [0.25, 0.3) is 0 Å². The second-order valence-corrected chi connectivity index (χ2v) is 11.7. The lowest BCUT2D eigenvalue weighted by Crippen LogP contribution is -2.42. The maximum Gasteiger partial charge on any atom is 0.223 e. The molecule has 40 heavy (non-hydrogen) atoms. The zero-order chi connectivity index (χ0) is 28.6. The second-order valence-electron chi connectivity index (χ2n) is 11.3. The number of nitrogens with one attached hydrogen (secondary N) is 1. The molecule has 2 fully saturated rings. The van der Waals surface area contributed by atoms with Gasteiger partial charge in [0.05, 0.1) is 53.2 Å². The van der Waals surface area contributed by atoms with Gasteiger partial charge in [0.15, 0.2) is 5.43 Å². The van der Waals surface area contributed by atoms with Crippen LogP contribution in [0.1, 0.15) is 56.0 Å². The maximum atomic E-state index is 13.7. The number of aromatic nitrogens is 3. The van der Waals surface area contributed by atoms with Crippen molar-refractivity contribution >= 4 is 28.5 Å². The molecule has 1 aromatic carbocycles. The van der Waals surface area contributed by atoms with E-state index in [1.54, 1.807) is 6.20 Å². The van der Waals surface area contributed by atoms with Crippen LogP contribution in [0, 0.1) is 31.1 Å². The summed E-state index contributed by atoms with van der Waals surface area (Å²) >= 11 is 6.65. The summed E-state index contributed by atoms with van der Waals surface area (Å²) in [5.74, 6) is 0.403. The van der Waals surface area contributed by atoms with E-state index in [0.29, 0.717) is 48.2 Å². The van der Waals surface area contributed by atoms with Crippen LogP contribution in [0.3, 0.4) is 0 Å². The molecule has 5 rings (SSSR count). The summed E-state index contributed by atoms with van der Waals surface area (Å²) in [6, 6.07) is 6.08. The van der Waals surface area contributed by atoms with Crippen molar-refractivity contribution < 1.29 is 9.84 Å². The molecule has 2 N–H and O–H groups in total. The summed E-state index contributed by atoms with van der Waals surface area (Å²) < 4.78 is 7.61. The van der Waals surface area contributed by atoms with Gasteiger partial charge in [-0.05, 0) is 65.1 Å². The molecular weight excluding hydrogens is 528 g/mol. The van der Waals surface area contributed by atoms with Crippen molar-refractivity contribution in [1.29, 1.82) is 5.26 Å². The third-order valence-corrected chi connectivity index (χ3v) is 8.48. The molecule has 0 radical (unpaired) electrons. The van der Waals surface area contributed by atoms with Crippen molar-refractivity contribution in [2.24, 2.45) is 5.92 Å². The molecule has 10 heteroatoms. The minimum absolute atomic E-state index is 0.0204. The van der Waals surface area contributed by atoms with Gasteiger partial charge >= 0.3 is 0 Å². The predicted octanol–water partition coefficient (Wildman–Crippen LogP) is 4.61. The van der Waals surface area contributed by atoms with Gasteiger partial charge in [-0.1, -0.05) is 17.7 Å². The van der Waals surface area contributed by atoms with E-state index in [1.807, 2.05) is 26.0 Å². The Hall–Kier alpha value is -3.03. The Kier molecular flexibility index (Phi) is 8.43. The van der Waals surface area contributed by atoms with E-state index >= 15 is 0 Å². The molecule has 9 nitrogen and oxygen atoms in total. The number of likely N-dealkylation sites (tertiary alicyclic amines) is 1. The number of piperidine rings is 1. The summed E-state index contributed by atoms with van der Waals surface area (Å²) in [6.07, 6.45) is 3.47. The number of hydrogen-bond acceptors (Lipinski definition) is 8. The summed E-state index contributed by atoms with van der Waals surface area (Å²) in [5, 5.41) is 24.1. The molecule has 0 unspecified atom stereocenters. The minimum atomic E-state index is -0.649. The molecule has 3 aromatic rings. The summed E-state index contributed by atoms with van der Waals surface area (Å²) in [6.45, 7) is 11.3. The first-order valence-corrected chi connectivity index (χ1v) is 14.4. The number of ether oxygens (including phenoxy) is 1. The number of aliphatic hydroxyl groups is 1. The summed E-state index contributed by atoms with van der Waals surface area (Å²) in [7, 11) is 0. The Labute approximate surface area is 239 Å². The predicted molar refractivity (Wildman–Crippen MR) is 157 cm³/mol. The first kappa shape index (κ1) is 28.5. The van der Waals surface area contributed by atoms with Gasteiger partial charge in [-0.25, -0.2) is 9.97 Å². The monoisotopic (exact) mass is 564 g/mol. The highest BCUT2D eigenvalue weighted by Crippen LogP contribution is 2.35. The van der Waals surface area contributed by atoms with Crippen molar-refractivity contribution in [2.45, 2.75) is 71.7 Å². The normalized spacial score (nSPS) is 22.0. The van der Waals surface area contributed by atoms with E-state index in [0.717, 1.165) is 47.3 Å². The molecule has 0 saturated carbocycles. The van der Waals surface area contributed by atoms with Gasteiger partial charge in [0, 0.05) is 47.9 Å². The smallest absolute Gasteiger partial charge is 0.223 e. The number of nitriles is 1. The lowest BCUT2D eigenvalue weighted by Gasteiger charge is -2.32. The Bertz CT molecular complexity index is 1510. The number of anilines is 1. The highest BCUT2D eigenvalue weighted by Gasteiger charge is 2.27. The summed E-state index contributed by atoms with van der Waals surface area (Å²) in [4.78, 5) is 25.1. The third kappa shape index (κ3) is 5.46. The lowest BCUT2D eigenvalue weighted by molar-refractivity contribution is -0.0136. The number of halogens is 1. The first-order valence-electron chi connectivity index (χ1n) is 14.0. The van der Waals surface area contributed by atoms with E-state index in [1.165, 1.54) is 0 Å². The molecule has 2 aliphatic heterocycles. The van der Waals surface area contributed by atoms with E-state index in [9.17, 15) is 15.2 Å². The molecule has 4 heterocycles. The van der Waals surface area contributed by atoms with Crippen LogP contribution in [0.5, 0.6) is 0 Å². The van der Waals surface area contributed by atoms with Crippen molar-refractivity contribution in [1.82, 2.24) is 19.4 Å². The number of aliphatic hydroxyl groups excluding tert-OH is 1. The number of hydrogen-bond donors (Lipinski definition) is 2. The van der Waals surface area contributed by atoms with Crippen molar-refractivity contribution in [2.75, 3.05) is 31.6 Å². The second kappa shape index (κ2) is 11.8. The van der Waals surface area contributed by atoms with Crippen molar-refractivity contribution in [3.8, 4) is 17.3 Å². The maximum absolute atomic E-state index is 13.7. The van der Waals surface area contributed by atoms with Crippen LogP contribution in [-0.4, -0.2) is 63.0 Å². The molecule has 2 aliphatic rings. The van der Waals surface area contributed by atoms with Crippen LogP contribution in [0.2, 0.25) is 5.02 Å². The minimum Gasteiger partial charge on any atom is -0.389 e. The van der Waals surface area contributed by atoms with E-state index in [-0.39, 0.29) is 30.0 Å². The van der Waals surface area contributed by atoms with Gasteiger partial charge in [0.1, 0.15) is 0 Å². The fourth-order valence-corrected chi connectivity index (χ4v) is 6.26.